The predicted molar refractivity (Wildman–Crippen MR) is 262 cm³/mol. The molecular formula is C56H74Cl2SiZr. The van der Waals surface area contributed by atoms with Gasteiger partial charge in [0.1, 0.15) is 0 Å². The molecule has 8 unspecified atom stereocenters. The molecule has 0 bridgehead atoms. The van der Waals surface area contributed by atoms with Crippen molar-refractivity contribution in [3.63, 3.8) is 0 Å². The molecule has 0 aromatic heterocycles. The van der Waals surface area contributed by atoms with Gasteiger partial charge in [0.15, 0.2) is 0 Å². The molecule has 0 spiro atoms. The zero-order chi connectivity index (χ0) is 39.6. The van der Waals surface area contributed by atoms with Gasteiger partial charge in [-0.05, 0) is 153 Å². The Kier molecular flexibility index (Phi) is 16.3. The Hall–Kier alpha value is -1.44. The van der Waals surface area contributed by atoms with E-state index in [0.29, 0.717) is 23.7 Å². The fourth-order valence-electron chi connectivity index (χ4n) is 15.2. The van der Waals surface area contributed by atoms with Gasteiger partial charge in [0.05, 0.1) is 8.07 Å². The van der Waals surface area contributed by atoms with Crippen LogP contribution in [0, 0.1) is 62.2 Å². The molecule has 4 fully saturated rings. The predicted octanol–water partition coefficient (Wildman–Crippen LogP) is 14.0. The molecular weight excluding hydrogens is 863 g/mol. The van der Waals surface area contributed by atoms with Gasteiger partial charge in [0, 0.05) is 0 Å². The fraction of sp³-hybridized carbons (Fsp3) is 0.536. The van der Waals surface area contributed by atoms with Crippen LogP contribution in [0.5, 0.6) is 0 Å². The summed E-state index contributed by atoms with van der Waals surface area (Å²) in [5.74, 6) is 6.51. The van der Waals surface area contributed by atoms with E-state index in [1.54, 1.807) is 22.3 Å². The maximum atomic E-state index is 4.93. The molecule has 8 aliphatic rings. The van der Waals surface area contributed by atoms with Crippen molar-refractivity contribution in [2.45, 2.75) is 140 Å². The molecule has 0 nitrogen and oxygen atoms in total. The molecule has 2 aromatic rings. The number of hydrogen-bond acceptors (Lipinski definition) is 0. The van der Waals surface area contributed by atoms with Crippen LogP contribution in [0.4, 0.5) is 0 Å². The first-order valence-electron chi connectivity index (χ1n) is 23.8. The Morgan fingerprint density at radius 1 is 0.583 bits per heavy atom. The van der Waals surface area contributed by atoms with Crippen molar-refractivity contribution in [3.05, 3.63) is 132 Å². The van der Waals surface area contributed by atoms with Crippen LogP contribution >= 0.6 is 17.0 Å². The first-order valence-corrected chi connectivity index (χ1v) is 33.2. The summed E-state index contributed by atoms with van der Waals surface area (Å²) in [5, 5.41) is 6.03. The molecule has 2 aromatic carbocycles. The molecule has 8 atom stereocenters. The summed E-state index contributed by atoms with van der Waals surface area (Å²) in [7, 11) is 8.03. The second-order valence-corrected chi connectivity index (χ2v) is 29.1. The van der Waals surface area contributed by atoms with Crippen LogP contribution in [0.2, 0.25) is 24.2 Å². The van der Waals surface area contributed by atoms with E-state index < -0.39 is 28.9 Å². The third-order valence-electron chi connectivity index (χ3n) is 17.1. The van der Waals surface area contributed by atoms with Crippen LogP contribution in [0.3, 0.4) is 0 Å². The number of benzene rings is 2. The molecule has 0 aliphatic heterocycles. The molecule has 60 heavy (non-hydrogen) atoms. The second kappa shape index (κ2) is 21.0. The van der Waals surface area contributed by atoms with Crippen LogP contribution < -0.4 is 20.9 Å². The Labute approximate surface area is 385 Å². The number of allylic oxidation sites excluding steroid dienone is 8. The normalized spacial score (nSPS) is 30.9. The Morgan fingerprint density at radius 2 is 0.983 bits per heavy atom. The topological polar surface area (TPSA) is 0 Å². The summed E-state index contributed by atoms with van der Waals surface area (Å²) in [6.45, 7) is 5.95. The van der Waals surface area contributed by atoms with Gasteiger partial charge < -0.3 is 14.9 Å². The van der Waals surface area contributed by atoms with Crippen molar-refractivity contribution in [2.75, 3.05) is 0 Å². The van der Waals surface area contributed by atoms with Crippen LogP contribution in [-0.4, -0.2) is 8.07 Å². The van der Waals surface area contributed by atoms with E-state index >= 15 is 0 Å². The monoisotopic (exact) mass is 934 g/mol. The van der Waals surface area contributed by atoms with Crippen molar-refractivity contribution in [1.29, 1.82) is 0 Å². The molecule has 4 saturated carbocycles. The minimum atomic E-state index is -1.84. The van der Waals surface area contributed by atoms with E-state index in [9.17, 15) is 0 Å². The van der Waals surface area contributed by atoms with E-state index in [4.69, 9.17) is 17.0 Å². The van der Waals surface area contributed by atoms with Crippen molar-refractivity contribution in [3.8, 4) is 0 Å². The molecule has 0 radical (unpaired) electrons. The number of fused-ring (bicyclic) bond motifs is 4. The first kappa shape index (κ1) is 46.5. The third-order valence-corrected chi connectivity index (χ3v) is 22.3. The fourth-order valence-corrected chi connectivity index (χ4v) is 21.3. The SMILES string of the molecule is C[Si](C)(C1C(CC2CCCCC2)CC2C(C3=c4ccccc4=CCC3)=CC=CC21)C1C(CC2CCCCC2)CC2C(C3=c4ccccc4=CCC3)=CC=CC21.[CH3-].[CH3-].[Cl][Zr+2][Cl]. The van der Waals surface area contributed by atoms with Crippen molar-refractivity contribution >= 4 is 48.4 Å². The van der Waals surface area contributed by atoms with Gasteiger partial charge in [-0.2, -0.15) is 0 Å². The van der Waals surface area contributed by atoms with Gasteiger partial charge >= 0.3 is 37.9 Å². The Morgan fingerprint density at radius 3 is 1.40 bits per heavy atom. The summed E-state index contributed by atoms with van der Waals surface area (Å²) in [6.07, 6.45) is 46.4. The van der Waals surface area contributed by atoms with Crippen LogP contribution in [0.1, 0.15) is 116 Å². The molecule has 8 aliphatic carbocycles. The van der Waals surface area contributed by atoms with Gasteiger partial charge in [0.25, 0.3) is 0 Å². The molecule has 10 rings (SSSR count). The summed E-state index contributed by atoms with van der Waals surface area (Å²) in [6, 6.07) is 18.7. The van der Waals surface area contributed by atoms with Gasteiger partial charge in [-0.25, -0.2) is 0 Å². The molecule has 0 heterocycles. The third kappa shape index (κ3) is 9.36. The number of halogens is 2. The quantitative estimate of drug-likeness (QED) is 0.183. The summed E-state index contributed by atoms with van der Waals surface area (Å²) >= 11 is -0.826. The van der Waals surface area contributed by atoms with Crippen LogP contribution in [0.15, 0.2) is 96.1 Å². The van der Waals surface area contributed by atoms with E-state index in [1.165, 1.54) is 136 Å². The van der Waals surface area contributed by atoms with Crippen LogP contribution in [-0.2, 0) is 20.8 Å². The summed E-state index contributed by atoms with van der Waals surface area (Å²) < 4.78 is 0. The Bertz CT molecular complexity index is 2010. The average Bonchev–Trinajstić information content (AvgIpc) is 3.83. The molecule has 4 heteroatoms. The van der Waals surface area contributed by atoms with E-state index in [0.717, 1.165) is 34.8 Å². The van der Waals surface area contributed by atoms with Gasteiger partial charge in [-0.15, -0.1) is 0 Å². The Balaban J connectivity index is 0.00000106. The number of rotatable bonds is 8. The van der Waals surface area contributed by atoms with Gasteiger partial charge in [-0.3, -0.25) is 0 Å². The molecule has 320 valence electrons. The number of hydrogen-bond donors (Lipinski definition) is 0. The van der Waals surface area contributed by atoms with E-state index in [1.807, 2.05) is 0 Å². The van der Waals surface area contributed by atoms with Gasteiger partial charge in [-0.1, -0.05) is 174 Å². The first-order chi connectivity index (χ1) is 28.5. The molecule has 0 N–H and O–H groups in total. The van der Waals surface area contributed by atoms with Crippen molar-refractivity contribution in [2.24, 2.45) is 47.3 Å². The maximum absolute atomic E-state index is 4.93. The van der Waals surface area contributed by atoms with Gasteiger partial charge in [0.2, 0.25) is 0 Å². The minimum absolute atomic E-state index is 0. The second-order valence-electron chi connectivity index (χ2n) is 20.4. The molecule has 0 saturated heterocycles. The van der Waals surface area contributed by atoms with Crippen molar-refractivity contribution < 1.29 is 20.8 Å². The van der Waals surface area contributed by atoms with E-state index in [2.05, 4.69) is 110 Å². The zero-order valence-corrected chi connectivity index (χ0v) is 42.5. The standard InChI is InChI=1S/C54H68Si.2CH3.2ClH.Zr/c1-55(2,53-41(33-37-17-5-3-6-18-37)35-51-47(29-15-31-49(51)53)45-27-13-23-39-21-9-11-25-43(39)45)54-42(34-38-19-7-4-8-20-38)36-52-48(30-16-32-50(52)54)46-28-14-24-40-22-10-12-26-44(40)46;;;;;/h9-12,15-16,21-26,29-32,37-38,41-42,49-54H,3-8,13-14,17-20,27-28,33-36H2,1-2H3;2*1H3;2*1H;/q;2*-1;;;+4/p-2. The van der Waals surface area contributed by atoms with Crippen LogP contribution in [0.25, 0.3) is 23.3 Å². The molecule has 0 amide bonds. The summed E-state index contributed by atoms with van der Waals surface area (Å²) in [4.78, 5) is 0. The summed E-state index contributed by atoms with van der Waals surface area (Å²) in [5.41, 5.74) is 8.62. The van der Waals surface area contributed by atoms with Crippen molar-refractivity contribution in [1.82, 2.24) is 0 Å². The van der Waals surface area contributed by atoms with E-state index in [-0.39, 0.29) is 14.9 Å². The average molecular weight is 937 g/mol. The zero-order valence-electron chi connectivity index (χ0n) is 37.5.